The Labute approximate surface area is 138 Å². The molecule has 4 heteroatoms. The third-order valence-electron chi connectivity index (χ3n) is 4.52. The Kier molecular flexibility index (Phi) is 7.56. The van der Waals surface area contributed by atoms with E-state index in [2.05, 4.69) is 23.9 Å². The Morgan fingerprint density at radius 1 is 1.18 bits per heavy atom. The molecule has 3 nitrogen and oxygen atoms in total. The molecule has 1 heterocycles. The molecule has 0 bridgehead atoms. The van der Waals surface area contributed by atoms with Gasteiger partial charge in [0.05, 0.1) is 10.8 Å². The third kappa shape index (κ3) is 6.19. The first-order valence-electron chi connectivity index (χ1n) is 8.45. The predicted octanol–water partition coefficient (Wildman–Crippen LogP) is 2.85. The highest BCUT2D eigenvalue weighted by Crippen LogP contribution is 2.22. The summed E-state index contributed by atoms with van der Waals surface area (Å²) >= 11 is 0. The van der Waals surface area contributed by atoms with Crippen molar-refractivity contribution in [2.24, 2.45) is 5.92 Å². The van der Waals surface area contributed by atoms with Crippen LogP contribution in [0.1, 0.15) is 25.7 Å². The largest absolute Gasteiger partial charge is 0.309 e. The molecule has 0 N–H and O–H groups in total. The Morgan fingerprint density at radius 3 is 2.50 bits per heavy atom. The lowest BCUT2D eigenvalue weighted by atomic mass is 9.92. The Morgan fingerprint density at radius 2 is 1.86 bits per heavy atom. The molecule has 1 fully saturated rings. The molecule has 22 heavy (non-hydrogen) atoms. The van der Waals surface area contributed by atoms with Crippen molar-refractivity contribution in [2.45, 2.75) is 30.6 Å². The molecule has 0 aromatic heterocycles. The molecule has 0 spiro atoms. The Bertz CT molecular complexity index is 442. The monoisotopic (exact) mass is 322 g/mol. The maximum Gasteiger partial charge on any atom is 0.0542 e. The average Bonchev–Trinajstić information content (AvgIpc) is 2.54. The lowest BCUT2D eigenvalue weighted by Gasteiger charge is -2.32. The highest BCUT2D eigenvalue weighted by molar-refractivity contribution is 7.85. The van der Waals surface area contributed by atoms with Crippen LogP contribution in [0.4, 0.5) is 0 Å². The van der Waals surface area contributed by atoms with E-state index in [1.54, 1.807) is 0 Å². The summed E-state index contributed by atoms with van der Waals surface area (Å²) in [6, 6.07) is 9.83. The van der Waals surface area contributed by atoms with Gasteiger partial charge in [0.15, 0.2) is 0 Å². The van der Waals surface area contributed by atoms with E-state index in [9.17, 15) is 4.21 Å². The molecule has 1 aliphatic heterocycles. The van der Waals surface area contributed by atoms with Crippen LogP contribution in [0.15, 0.2) is 35.2 Å². The smallest absolute Gasteiger partial charge is 0.0542 e. The second kappa shape index (κ2) is 9.43. The lowest BCUT2D eigenvalue weighted by Crippen LogP contribution is -2.36. The van der Waals surface area contributed by atoms with E-state index in [1.807, 2.05) is 30.3 Å². The highest BCUT2D eigenvalue weighted by Gasteiger charge is 2.19. The van der Waals surface area contributed by atoms with Gasteiger partial charge in [-0.05, 0) is 77.5 Å². The molecule has 1 aromatic rings. The van der Waals surface area contributed by atoms with Crippen molar-refractivity contribution in [2.75, 3.05) is 46.0 Å². The molecule has 1 aromatic carbocycles. The standard InChI is InChI=1S/C18H30N2OS/c1-19(2)12-6-7-17-10-13-20(14-11-17)15-16-22(21)18-8-4-3-5-9-18/h3-5,8-9,17H,6-7,10-16H2,1-2H3/t22-/m0/s1. The van der Waals surface area contributed by atoms with Crippen molar-refractivity contribution in [3.63, 3.8) is 0 Å². The van der Waals surface area contributed by atoms with Gasteiger partial charge in [-0.1, -0.05) is 18.2 Å². The first-order chi connectivity index (χ1) is 10.6. The fraction of sp³-hybridized carbons (Fsp3) is 0.667. The Hall–Kier alpha value is -0.710. The van der Waals surface area contributed by atoms with Crippen molar-refractivity contribution in [1.82, 2.24) is 9.80 Å². The number of likely N-dealkylation sites (tertiary alicyclic amines) is 1. The molecule has 1 saturated heterocycles. The van der Waals surface area contributed by atoms with E-state index in [4.69, 9.17) is 0 Å². The van der Waals surface area contributed by atoms with Gasteiger partial charge in [-0.25, -0.2) is 0 Å². The van der Waals surface area contributed by atoms with Crippen LogP contribution in [0.2, 0.25) is 0 Å². The number of nitrogens with zero attached hydrogens (tertiary/aromatic N) is 2. The van der Waals surface area contributed by atoms with E-state index in [0.717, 1.165) is 23.1 Å². The number of hydrogen-bond donors (Lipinski definition) is 0. The van der Waals surface area contributed by atoms with Gasteiger partial charge in [0.2, 0.25) is 0 Å². The first-order valence-corrected chi connectivity index (χ1v) is 9.77. The van der Waals surface area contributed by atoms with Crippen LogP contribution in [0.25, 0.3) is 0 Å². The molecule has 1 aliphatic rings. The fourth-order valence-corrected chi connectivity index (χ4v) is 4.22. The molecule has 0 saturated carbocycles. The van der Waals surface area contributed by atoms with Crippen molar-refractivity contribution in [3.8, 4) is 0 Å². The van der Waals surface area contributed by atoms with Gasteiger partial charge in [0.25, 0.3) is 0 Å². The quantitative estimate of drug-likeness (QED) is 0.735. The topological polar surface area (TPSA) is 23.6 Å². The Balaban J connectivity index is 1.62. The molecule has 0 unspecified atom stereocenters. The summed E-state index contributed by atoms with van der Waals surface area (Å²) in [5.41, 5.74) is 0. The van der Waals surface area contributed by atoms with E-state index in [1.165, 1.54) is 45.3 Å². The second-order valence-corrected chi connectivity index (χ2v) is 8.16. The number of hydrogen-bond acceptors (Lipinski definition) is 3. The highest BCUT2D eigenvalue weighted by atomic mass is 32.2. The molecule has 124 valence electrons. The summed E-state index contributed by atoms with van der Waals surface area (Å²) in [4.78, 5) is 5.72. The summed E-state index contributed by atoms with van der Waals surface area (Å²) in [6.45, 7) is 4.53. The minimum atomic E-state index is -0.851. The minimum Gasteiger partial charge on any atom is -0.309 e. The van der Waals surface area contributed by atoms with Gasteiger partial charge < -0.3 is 9.80 Å². The second-order valence-electron chi connectivity index (χ2n) is 6.59. The predicted molar refractivity (Wildman–Crippen MR) is 94.7 cm³/mol. The van der Waals surface area contributed by atoms with Gasteiger partial charge >= 0.3 is 0 Å². The van der Waals surface area contributed by atoms with Gasteiger partial charge in [-0.2, -0.15) is 0 Å². The van der Waals surface area contributed by atoms with Crippen molar-refractivity contribution >= 4 is 10.8 Å². The number of rotatable bonds is 8. The summed E-state index contributed by atoms with van der Waals surface area (Å²) in [5.74, 6) is 1.66. The van der Waals surface area contributed by atoms with E-state index < -0.39 is 10.8 Å². The third-order valence-corrected chi connectivity index (χ3v) is 5.88. The summed E-state index contributed by atoms with van der Waals surface area (Å²) in [6.07, 6.45) is 5.30. The van der Waals surface area contributed by atoms with Crippen LogP contribution in [0.5, 0.6) is 0 Å². The van der Waals surface area contributed by atoms with Crippen LogP contribution in [-0.4, -0.2) is 60.0 Å². The zero-order chi connectivity index (χ0) is 15.8. The maximum atomic E-state index is 12.2. The van der Waals surface area contributed by atoms with E-state index in [-0.39, 0.29) is 0 Å². The van der Waals surface area contributed by atoms with Crippen LogP contribution in [0.3, 0.4) is 0 Å². The maximum absolute atomic E-state index is 12.2. The van der Waals surface area contributed by atoms with Gasteiger partial charge in [0.1, 0.15) is 0 Å². The van der Waals surface area contributed by atoms with Gasteiger partial charge in [0, 0.05) is 17.2 Å². The SMILES string of the molecule is CN(C)CCCC1CCN(CC[S@](=O)c2ccccc2)CC1. The lowest BCUT2D eigenvalue weighted by molar-refractivity contribution is 0.183. The molecule has 0 radical (unpaired) electrons. The molecular weight excluding hydrogens is 292 g/mol. The normalized spacial score (nSPS) is 18.7. The number of benzene rings is 1. The van der Waals surface area contributed by atoms with Crippen molar-refractivity contribution in [3.05, 3.63) is 30.3 Å². The molecule has 0 amide bonds. The van der Waals surface area contributed by atoms with E-state index in [0.29, 0.717) is 0 Å². The van der Waals surface area contributed by atoms with Crippen molar-refractivity contribution < 1.29 is 4.21 Å². The molecular formula is C18H30N2OS. The van der Waals surface area contributed by atoms with Crippen LogP contribution in [-0.2, 0) is 10.8 Å². The summed E-state index contributed by atoms with van der Waals surface area (Å²) in [5, 5.41) is 0. The number of piperidine rings is 1. The van der Waals surface area contributed by atoms with Crippen LogP contribution >= 0.6 is 0 Å². The summed E-state index contributed by atoms with van der Waals surface area (Å²) in [7, 11) is 3.45. The van der Waals surface area contributed by atoms with E-state index >= 15 is 0 Å². The summed E-state index contributed by atoms with van der Waals surface area (Å²) < 4.78 is 12.2. The van der Waals surface area contributed by atoms with Crippen LogP contribution in [0, 0.1) is 5.92 Å². The molecule has 2 rings (SSSR count). The molecule has 1 atom stereocenters. The van der Waals surface area contributed by atoms with Gasteiger partial charge in [-0.3, -0.25) is 4.21 Å². The fourth-order valence-electron chi connectivity index (χ4n) is 3.10. The first kappa shape index (κ1) is 17.6. The van der Waals surface area contributed by atoms with Crippen molar-refractivity contribution in [1.29, 1.82) is 0 Å². The average molecular weight is 323 g/mol. The minimum absolute atomic E-state index is 0.759. The zero-order valence-corrected chi connectivity index (χ0v) is 14.9. The van der Waals surface area contributed by atoms with Crippen LogP contribution < -0.4 is 0 Å². The van der Waals surface area contributed by atoms with Gasteiger partial charge in [-0.15, -0.1) is 0 Å². The zero-order valence-electron chi connectivity index (χ0n) is 14.0. The molecule has 0 aliphatic carbocycles.